The highest BCUT2D eigenvalue weighted by molar-refractivity contribution is 7.10. The van der Waals surface area contributed by atoms with Crippen LogP contribution >= 0.6 is 11.3 Å². The van der Waals surface area contributed by atoms with Crippen molar-refractivity contribution in [3.05, 3.63) is 141 Å². The molecule has 0 spiro atoms. The summed E-state index contributed by atoms with van der Waals surface area (Å²) in [7, 11) is 1.64. The van der Waals surface area contributed by atoms with E-state index in [-0.39, 0.29) is 12.1 Å². The first-order valence-electron chi connectivity index (χ1n) is 15.9. The molecule has 6 aromatic rings. The Kier molecular flexibility index (Phi) is 10.6. The van der Waals surface area contributed by atoms with Crippen molar-refractivity contribution in [1.82, 2.24) is 30.4 Å². The van der Waals surface area contributed by atoms with Gasteiger partial charge >= 0.3 is 0 Å². The number of carbonyl (C=O) groups excluding carboxylic acids is 2. The van der Waals surface area contributed by atoms with E-state index in [2.05, 4.69) is 42.5 Å². The highest BCUT2D eigenvalue weighted by Crippen LogP contribution is 2.26. The van der Waals surface area contributed by atoms with Crippen molar-refractivity contribution in [2.45, 2.75) is 31.8 Å². The molecule has 0 bridgehead atoms. The molecular formula is C38H35N7O3S. The number of hydrogen-bond donors (Lipinski definition) is 3. The molecule has 3 heterocycles. The number of benzene rings is 3. The van der Waals surface area contributed by atoms with E-state index < -0.39 is 17.9 Å². The Labute approximate surface area is 288 Å². The molecule has 2 amide bonds. The zero-order valence-corrected chi connectivity index (χ0v) is 27.7. The number of aromatic amines is 1. The van der Waals surface area contributed by atoms with Crippen LogP contribution in [0, 0.1) is 11.3 Å². The molecule has 0 aliphatic rings. The van der Waals surface area contributed by atoms with Crippen molar-refractivity contribution in [2.24, 2.45) is 0 Å². The lowest BCUT2D eigenvalue weighted by molar-refractivity contribution is -0.124. The average Bonchev–Trinajstić information content (AvgIpc) is 3.90. The van der Waals surface area contributed by atoms with Crippen LogP contribution < -0.4 is 15.4 Å². The van der Waals surface area contributed by atoms with Crippen LogP contribution in [0.2, 0.25) is 0 Å². The van der Waals surface area contributed by atoms with Crippen molar-refractivity contribution in [3.63, 3.8) is 0 Å². The van der Waals surface area contributed by atoms with Gasteiger partial charge in [-0.1, -0.05) is 66.7 Å². The second-order valence-corrected chi connectivity index (χ2v) is 12.4. The van der Waals surface area contributed by atoms with Gasteiger partial charge in [0.05, 0.1) is 26.2 Å². The molecule has 3 aromatic heterocycles. The fourth-order valence-electron chi connectivity index (χ4n) is 5.67. The molecular weight excluding hydrogens is 635 g/mol. The van der Waals surface area contributed by atoms with E-state index in [4.69, 9.17) is 4.74 Å². The lowest BCUT2D eigenvalue weighted by Crippen LogP contribution is -2.40. The lowest BCUT2D eigenvalue weighted by atomic mass is 10.0. The van der Waals surface area contributed by atoms with Gasteiger partial charge in [-0.05, 0) is 58.8 Å². The van der Waals surface area contributed by atoms with E-state index in [9.17, 15) is 14.9 Å². The van der Waals surface area contributed by atoms with Gasteiger partial charge in [-0.3, -0.25) is 9.59 Å². The van der Waals surface area contributed by atoms with Crippen molar-refractivity contribution < 1.29 is 14.3 Å². The molecule has 49 heavy (non-hydrogen) atoms. The fraction of sp³-hybridized carbons (Fsp3) is 0.184. The van der Waals surface area contributed by atoms with E-state index in [1.165, 1.54) is 23.0 Å². The highest BCUT2D eigenvalue weighted by atomic mass is 32.1. The van der Waals surface area contributed by atoms with Gasteiger partial charge in [0.1, 0.15) is 23.2 Å². The minimum atomic E-state index is -0.620. The van der Waals surface area contributed by atoms with E-state index >= 15 is 0 Å². The summed E-state index contributed by atoms with van der Waals surface area (Å²) in [5, 5.41) is 27.5. The predicted octanol–water partition coefficient (Wildman–Crippen LogP) is 5.79. The predicted molar refractivity (Wildman–Crippen MR) is 190 cm³/mol. The fourth-order valence-corrected chi connectivity index (χ4v) is 6.33. The van der Waals surface area contributed by atoms with Crippen LogP contribution in [0.15, 0.2) is 108 Å². The number of para-hydroxylation sites is 1. The number of carbonyl (C=O) groups is 2. The second-order valence-electron chi connectivity index (χ2n) is 11.4. The molecule has 0 aliphatic heterocycles. The van der Waals surface area contributed by atoms with Crippen LogP contribution in [0.1, 0.15) is 39.3 Å². The Hall–Kier alpha value is -5.99. The van der Waals surface area contributed by atoms with Crippen molar-refractivity contribution >= 4 is 40.1 Å². The Morgan fingerprint density at radius 3 is 2.53 bits per heavy atom. The van der Waals surface area contributed by atoms with E-state index in [0.29, 0.717) is 25.2 Å². The zero-order valence-electron chi connectivity index (χ0n) is 26.9. The van der Waals surface area contributed by atoms with E-state index in [1.54, 1.807) is 7.11 Å². The summed E-state index contributed by atoms with van der Waals surface area (Å²) < 4.78 is 7.44. The molecule has 11 heteroatoms. The highest BCUT2D eigenvalue weighted by Gasteiger charge is 2.25. The summed E-state index contributed by atoms with van der Waals surface area (Å²) in [4.78, 5) is 30.4. The lowest BCUT2D eigenvalue weighted by Gasteiger charge is -2.20. The van der Waals surface area contributed by atoms with Gasteiger partial charge in [0.2, 0.25) is 5.91 Å². The van der Waals surface area contributed by atoms with Crippen LogP contribution in [-0.2, 0) is 35.4 Å². The van der Waals surface area contributed by atoms with Gasteiger partial charge in [-0.25, -0.2) is 0 Å². The molecule has 3 N–H and O–H groups in total. The van der Waals surface area contributed by atoms with Gasteiger partial charge in [-0.15, -0.1) is 21.5 Å². The Morgan fingerprint density at radius 1 is 0.980 bits per heavy atom. The van der Waals surface area contributed by atoms with Crippen LogP contribution in [0.5, 0.6) is 5.75 Å². The number of aromatic nitrogens is 4. The molecule has 3 aromatic carbocycles. The summed E-state index contributed by atoms with van der Waals surface area (Å²) >= 11 is 1.41. The number of amides is 2. The van der Waals surface area contributed by atoms with E-state index in [1.807, 2.05) is 96.5 Å². The Balaban J connectivity index is 1.29. The van der Waals surface area contributed by atoms with Crippen LogP contribution in [0.3, 0.4) is 0 Å². The van der Waals surface area contributed by atoms with Gasteiger partial charge in [0, 0.05) is 34.8 Å². The molecule has 1 atom stereocenters. The van der Waals surface area contributed by atoms with Crippen LogP contribution in [-0.4, -0.2) is 45.2 Å². The maximum absolute atomic E-state index is 13.5. The third-order valence-electron chi connectivity index (χ3n) is 8.19. The number of aryl methyl sites for hydroxylation is 2. The monoisotopic (exact) mass is 669 g/mol. The summed E-state index contributed by atoms with van der Waals surface area (Å²) in [6.07, 6.45) is 5.29. The molecule has 6 rings (SSSR count). The molecule has 0 fully saturated rings. The summed E-state index contributed by atoms with van der Waals surface area (Å²) in [5.41, 5.74) is 4.12. The number of H-pyrrole nitrogens is 1. The number of nitriles is 1. The van der Waals surface area contributed by atoms with Gasteiger partial charge in [-0.2, -0.15) is 5.26 Å². The van der Waals surface area contributed by atoms with Gasteiger partial charge in [0.15, 0.2) is 5.82 Å². The van der Waals surface area contributed by atoms with Crippen LogP contribution in [0.4, 0.5) is 0 Å². The van der Waals surface area contributed by atoms with Gasteiger partial charge in [0.25, 0.3) is 5.91 Å². The normalized spacial score (nSPS) is 12.0. The van der Waals surface area contributed by atoms with E-state index in [0.717, 1.165) is 44.9 Å². The summed E-state index contributed by atoms with van der Waals surface area (Å²) in [6.45, 7) is 0.159. The first-order valence-corrected chi connectivity index (χ1v) is 16.8. The van der Waals surface area contributed by atoms with Crippen molar-refractivity contribution in [3.8, 4) is 11.8 Å². The second kappa shape index (κ2) is 15.7. The van der Waals surface area contributed by atoms with Crippen molar-refractivity contribution in [2.75, 3.05) is 13.7 Å². The topological polar surface area (TPSA) is 138 Å². The minimum absolute atomic E-state index is 0.0760. The third kappa shape index (κ3) is 8.30. The molecule has 0 radical (unpaired) electrons. The molecule has 0 aliphatic carbocycles. The summed E-state index contributed by atoms with van der Waals surface area (Å²) in [6, 6.07) is 31.0. The summed E-state index contributed by atoms with van der Waals surface area (Å²) in [5.74, 6) is 1.10. The number of nitrogens with one attached hydrogen (secondary N) is 3. The Bertz CT molecular complexity index is 2090. The SMILES string of the molecule is COc1ccc(Cn2c(CCc3ccccc3)nnc2[C@@H](Cc2c[nH]c3ccccc23)NC(=O)CNC(=O)/C(C#N)=C/c2cccs2)cc1. The Morgan fingerprint density at radius 2 is 1.78 bits per heavy atom. The minimum Gasteiger partial charge on any atom is -0.497 e. The molecule has 10 nitrogen and oxygen atoms in total. The quantitative estimate of drug-likeness (QED) is 0.0993. The van der Waals surface area contributed by atoms with Gasteiger partial charge < -0.3 is 24.9 Å². The maximum Gasteiger partial charge on any atom is 0.262 e. The first kappa shape index (κ1) is 32.9. The van der Waals surface area contributed by atoms with Crippen molar-refractivity contribution in [1.29, 1.82) is 5.26 Å². The van der Waals surface area contributed by atoms with Crippen LogP contribution in [0.25, 0.3) is 17.0 Å². The number of fused-ring (bicyclic) bond motifs is 1. The zero-order chi connectivity index (χ0) is 34.0. The number of hydrogen-bond acceptors (Lipinski definition) is 7. The number of ether oxygens (including phenoxy) is 1. The molecule has 246 valence electrons. The standard InChI is InChI=1S/C38H35N7O3S/c1-48-30-16-13-27(14-17-30)25-45-35(18-15-26-8-3-2-4-9-26)43-44-37(45)34(21-29-23-40-33-12-6-5-11-32(29)33)42-36(46)24-41-38(47)28(22-39)20-31-10-7-19-49-31/h2-14,16-17,19-20,23,34,40H,15,18,21,24-25H2,1H3,(H,41,47)(H,42,46)/b28-20+/t34-/m1/s1. The maximum atomic E-state index is 13.5. The molecule has 0 saturated heterocycles. The molecule has 0 unspecified atom stereocenters. The molecule has 0 saturated carbocycles. The number of rotatable bonds is 14. The average molecular weight is 670 g/mol. The smallest absolute Gasteiger partial charge is 0.262 e. The largest absolute Gasteiger partial charge is 0.497 e. The number of methoxy groups -OCH3 is 1. The first-order chi connectivity index (χ1) is 24.0. The third-order valence-corrected chi connectivity index (χ3v) is 9.01. The number of nitrogens with zero attached hydrogens (tertiary/aromatic N) is 4. The number of thiophene rings is 1.